The average molecular weight is 1060 g/mol. The fraction of sp³-hybridized carbons (Fsp3) is 0.534. The zero-order valence-corrected chi connectivity index (χ0v) is 46.1. The quantitative estimate of drug-likeness (QED) is 0.0171. The summed E-state index contributed by atoms with van der Waals surface area (Å²) in [6.45, 7) is 24.8. The number of halogens is 3. The molecule has 1 heterocycles. The van der Waals surface area contributed by atoms with Gasteiger partial charge in [0.1, 0.15) is 36.4 Å². The molecule has 0 saturated carbocycles. The van der Waals surface area contributed by atoms with Crippen LogP contribution in [0.1, 0.15) is 149 Å². The van der Waals surface area contributed by atoms with Crippen LogP contribution in [0.15, 0.2) is 71.2 Å². The molecule has 4 N–H and O–H groups in total. The molecule has 1 aliphatic heterocycles. The van der Waals surface area contributed by atoms with Gasteiger partial charge in [0.15, 0.2) is 0 Å². The lowest BCUT2D eigenvalue weighted by atomic mass is 9.89. The van der Waals surface area contributed by atoms with Crippen molar-refractivity contribution in [1.82, 2.24) is 25.4 Å². The molecule has 0 saturated heterocycles. The molecule has 0 spiro atoms. The van der Waals surface area contributed by atoms with Crippen LogP contribution >= 0.6 is 0 Å². The Labute approximate surface area is 447 Å². The van der Waals surface area contributed by atoms with Crippen LogP contribution in [0, 0.1) is 0 Å². The van der Waals surface area contributed by atoms with Gasteiger partial charge in [0, 0.05) is 104 Å². The van der Waals surface area contributed by atoms with Crippen molar-refractivity contribution in [2.45, 2.75) is 151 Å². The van der Waals surface area contributed by atoms with Crippen LogP contribution in [0.2, 0.25) is 0 Å². The number of nitrogens with one attached hydrogen (secondary N) is 4. The van der Waals surface area contributed by atoms with E-state index in [0.717, 1.165) is 104 Å². The van der Waals surface area contributed by atoms with Crippen molar-refractivity contribution in [2.24, 2.45) is 0 Å². The van der Waals surface area contributed by atoms with Crippen LogP contribution in [0.5, 0.6) is 0 Å². The molecule has 1 atom stereocenters. The molecule has 5 amide bonds. The van der Waals surface area contributed by atoms with E-state index < -0.39 is 18.2 Å². The molecule has 418 valence electrons. The molecule has 15 nitrogen and oxygen atoms in total. The van der Waals surface area contributed by atoms with Crippen molar-refractivity contribution in [2.75, 3.05) is 62.6 Å². The first-order chi connectivity index (χ1) is 36.2. The number of carbonyl (C=O) groups excluding carboxylic acids is 6. The third kappa shape index (κ3) is 20.1. The van der Waals surface area contributed by atoms with E-state index in [9.17, 15) is 37.1 Å². The Hall–Kier alpha value is -6.72. The summed E-state index contributed by atoms with van der Waals surface area (Å²) in [4.78, 5) is 77.7. The number of hydrogen-bond donors (Lipinski definition) is 4. The lowest BCUT2D eigenvalue weighted by Crippen LogP contribution is -2.43. The van der Waals surface area contributed by atoms with E-state index in [1.54, 1.807) is 17.9 Å². The SMILES string of the molecule is C=C(C)C(=O)NCCCCCCCCCCCC(=O)NCCCC[C@H](NC(C)=O)C(=O)Nc1ccc(-c2c3ccc(=[N+](CC)CC)cc-3oc3cc(N(CC)CC)ccc23)c(C(=O)N(CC)CC)c1.O=C([O-])C(F)(F)F. The first kappa shape index (κ1) is 63.6. The molecule has 4 rings (SSSR count). The van der Waals surface area contributed by atoms with E-state index in [1.807, 2.05) is 26.0 Å². The molecule has 0 unspecified atom stereocenters. The van der Waals surface area contributed by atoms with Crippen LogP contribution in [0.3, 0.4) is 0 Å². The van der Waals surface area contributed by atoms with Gasteiger partial charge in [-0.3, -0.25) is 24.0 Å². The smallest absolute Gasteiger partial charge is 0.430 e. The number of carbonyl (C=O) groups is 6. The second kappa shape index (κ2) is 32.7. The molecule has 0 bridgehead atoms. The van der Waals surface area contributed by atoms with Crippen molar-refractivity contribution in [3.05, 3.63) is 77.7 Å². The molecule has 0 fully saturated rings. The van der Waals surface area contributed by atoms with Crippen LogP contribution < -0.4 is 41.2 Å². The van der Waals surface area contributed by atoms with Gasteiger partial charge in [-0.1, -0.05) is 57.6 Å². The molecule has 2 aromatic carbocycles. The summed E-state index contributed by atoms with van der Waals surface area (Å²) in [6, 6.07) is 17.2. The Kier molecular flexibility index (Phi) is 27.3. The highest BCUT2D eigenvalue weighted by Gasteiger charge is 2.29. The Bertz CT molecular complexity index is 2600. The summed E-state index contributed by atoms with van der Waals surface area (Å²) < 4.78 is 40.6. The number of alkyl halides is 3. The number of hydrogen-bond acceptors (Lipinski definition) is 9. The maximum Gasteiger partial charge on any atom is 0.430 e. The predicted octanol–water partition coefficient (Wildman–Crippen LogP) is 8.97. The lowest BCUT2D eigenvalue weighted by molar-refractivity contribution is -0.344. The molecule has 1 aliphatic carbocycles. The molecule has 0 radical (unpaired) electrons. The number of unbranched alkanes of at least 4 members (excludes halogenated alkanes) is 9. The second-order valence-electron chi connectivity index (χ2n) is 18.8. The molecule has 18 heteroatoms. The number of anilines is 2. The summed E-state index contributed by atoms with van der Waals surface area (Å²) in [5.41, 5.74) is 5.66. The molecular formula is C58H82F3N7O8. The lowest BCUT2D eigenvalue weighted by Gasteiger charge is -2.24. The number of aliphatic carboxylic acids is 1. The maximum absolute atomic E-state index is 14.5. The van der Waals surface area contributed by atoms with Crippen molar-refractivity contribution >= 4 is 57.8 Å². The van der Waals surface area contributed by atoms with Gasteiger partial charge < -0.3 is 45.4 Å². The van der Waals surface area contributed by atoms with Crippen molar-refractivity contribution in [3.8, 4) is 22.5 Å². The monoisotopic (exact) mass is 1060 g/mol. The van der Waals surface area contributed by atoms with Crippen LogP contribution in [-0.2, 0) is 24.0 Å². The number of carboxylic acid groups (broad SMARTS) is 1. The summed E-state index contributed by atoms with van der Waals surface area (Å²) in [5.74, 6) is -3.20. The largest absolute Gasteiger partial charge is 0.542 e. The number of carboxylic acids is 1. The minimum Gasteiger partial charge on any atom is -0.542 e. The van der Waals surface area contributed by atoms with Gasteiger partial charge in [-0.15, -0.1) is 0 Å². The number of amides is 5. The van der Waals surface area contributed by atoms with Gasteiger partial charge >= 0.3 is 6.18 Å². The van der Waals surface area contributed by atoms with Gasteiger partial charge in [0.2, 0.25) is 29.0 Å². The van der Waals surface area contributed by atoms with Gasteiger partial charge in [0.25, 0.3) is 5.91 Å². The molecular weight excluding hydrogens is 980 g/mol. The number of benzene rings is 3. The van der Waals surface area contributed by atoms with Crippen LogP contribution in [0.25, 0.3) is 33.4 Å². The van der Waals surface area contributed by atoms with Gasteiger partial charge in [0.05, 0.1) is 6.07 Å². The first-order valence-corrected chi connectivity index (χ1v) is 27.1. The second-order valence-corrected chi connectivity index (χ2v) is 18.8. The molecule has 0 aromatic heterocycles. The summed E-state index contributed by atoms with van der Waals surface area (Å²) in [7, 11) is 0. The van der Waals surface area contributed by atoms with Gasteiger partial charge in [-0.25, -0.2) is 4.58 Å². The van der Waals surface area contributed by atoms with Crippen molar-refractivity contribution in [1.29, 1.82) is 0 Å². The Morgan fingerprint density at radius 1 is 0.711 bits per heavy atom. The third-order valence-electron chi connectivity index (χ3n) is 13.2. The summed E-state index contributed by atoms with van der Waals surface area (Å²) in [5, 5.41) is 22.4. The maximum atomic E-state index is 14.5. The zero-order chi connectivity index (χ0) is 56.4. The third-order valence-corrected chi connectivity index (χ3v) is 13.2. The minimum absolute atomic E-state index is 0.0306. The number of fused-ring (bicyclic) bond motifs is 2. The van der Waals surface area contributed by atoms with Crippen LogP contribution in [-0.4, -0.2) is 105 Å². The normalized spacial score (nSPS) is 11.5. The molecule has 2 aromatic rings. The van der Waals surface area contributed by atoms with Crippen LogP contribution in [0.4, 0.5) is 24.5 Å². The fourth-order valence-corrected chi connectivity index (χ4v) is 8.96. The van der Waals surface area contributed by atoms with E-state index in [-0.39, 0.29) is 29.5 Å². The van der Waals surface area contributed by atoms with Gasteiger partial charge in [-0.2, -0.15) is 13.2 Å². The summed E-state index contributed by atoms with van der Waals surface area (Å²) >= 11 is 0. The van der Waals surface area contributed by atoms with E-state index in [0.29, 0.717) is 80.0 Å². The number of rotatable bonds is 30. The zero-order valence-electron chi connectivity index (χ0n) is 46.1. The van der Waals surface area contributed by atoms with E-state index in [2.05, 4.69) is 101 Å². The predicted molar refractivity (Wildman–Crippen MR) is 294 cm³/mol. The average Bonchev–Trinajstić information content (AvgIpc) is 3.38. The Morgan fingerprint density at radius 2 is 1.29 bits per heavy atom. The van der Waals surface area contributed by atoms with E-state index >= 15 is 0 Å². The van der Waals surface area contributed by atoms with Crippen molar-refractivity contribution in [3.63, 3.8) is 0 Å². The minimum atomic E-state index is -5.19. The van der Waals surface area contributed by atoms with Gasteiger partial charge in [-0.05, 0) is 116 Å². The highest BCUT2D eigenvalue weighted by atomic mass is 19.4. The standard InChI is InChI=1S/C56H81N7O6.C2HF3O2/c1-10-61(11-2)43-30-33-46-50(38-43)69-51-39-44(62(12-3)13-4)31-34-47(51)53(46)45-32-29-42(37-48(45)56(68)63(14-5)15-6)60-55(67)49(59-41(9)64)27-24-26-35-57-52(65)28-23-21-19-17-16-18-20-22-25-36-58-54(66)40(7)8;3-2(4,5)1(6)7/h29-34,37-39,49H,7,10-28,35-36H2,1-6,8-9H3,(H3,57,58,59,64,65,66);(H,6,7)/t49-;/m0./s1. The Balaban J connectivity index is 0.00000202. The highest BCUT2D eigenvalue weighted by molar-refractivity contribution is 6.10. The molecule has 76 heavy (non-hydrogen) atoms. The fourth-order valence-electron chi connectivity index (χ4n) is 8.96. The number of nitrogens with zero attached hydrogens (tertiary/aromatic N) is 3. The van der Waals surface area contributed by atoms with Crippen molar-refractivity contribution < 1.29 is 51.5 Å². The highest BCUT2D eigenvalue weighted by Crippen LogP contribution is 2.43. The summed E-state index contributed by atoms with van der Waals surface area (Å²) in [6.07, 6.45) is 6.71. The van der Waals surface area contributed by atoms with E-state index in [4.69, 9.17) is 14.3 Å². The topological polar surface area (TPSA) is 196 Å². The first-order valence-electron chi connectivity index (χ1n) is 27.1. The van der Waals surface area contributed by atoms with E-state index in [1.165, 1.54) is 19.8 Å². The Morgan fingerprint density at radius 3 is 1.86 bits per heavy atom. The molecule has 2 aliphatic rings.